The predicted octanol–water partition coefficient (Wildman–Crippen LogP) is -2.04. The molecule has 6 heteroatoms. The van der Waals surface area contributed by atoms with Gasteiger partial charge in [-0.3, -0.25) is 0 Å². The van der Waals surface area contributed by atoms with Crippen LogP contribution in [0.15, 0.2) is 17.6 Å². The molecule has 2 rings (SSSR count). The van der Waals surface area contributed by atoms with E-state index in [1.54, 1.807) is 12.3 Å². The van der Waals surface area contributed by atoms with Crippen molar-refractivity contribution in [1.29, 1.82) is 0 Å². The first-order valence-corrected chi connectivity index (χ1v) is 4.09. The van der Waals surface area contributed by atoms with Crippen LogP contribution in [0.4, 0.5) is 4.79 Å². The number of aromatic amines is 1. The van der Waals surface area contributed by atoms with Crippen LogP contribution >= 0.6 is 11.3 Å². The molecule has 2 heterocycles. The van der Waals surface area contributed by atoms with Gasteiger partial charge in [0.2, 0.25) is 0 Å². The van der Waals surface area contributed by atoms with Crippen molar-refractivity contribution in [3.63, 3.8) is 0 Å². The molecule has 0 aromatic carbocycles. The van der Waals surface area contributed by atoms with Crippen molar-refractivity contribution in [3.05, 3.63) is 17.6 Å². The van der Waals surface area contributed by atoms with Crippen molar-refractivity contribution in [3.8, 4) is 5.88 Å². The largest absolute Gasteiger partial charge is 1.00 e. The number of hydrogen-bond donors (Lipinski definition) is 1. The normalized spacial score (nSPS) is 9.54. The van der Waals surface area contributed by atoms with E-state index in [2.05, 4.69) is 9.72 Å². The fraction of sp³-hybridized carbons (Fsp3) is 0. The third-order valence-electron chi connectivity index (χ3n) is 1.46. The zero-order chi connectivity index (χ0) is 8.55. The molecule has 0 aliphatic rings. The van der Waals surface area contributed by atoms with Crippen molar-refractivity contribution < 1.29 is 83.5 Å². The van der Waals surface area contributed by atoms with Gasteiger partial charge in [0.15, 0.2) is 0 Å². The maximum absolute atomic E-state index is 10.1. The molecule has 0 unspecified atom stereocenters. The summed E-state index contributed by atoms with van der Waals surface area (Å²) in [6, 6.07) is 1.79. The second-order valence-electron chi connectivity index (χ2n) is 2.17. The van der Waals surface area contributed by atoms with Gasteiger partial charge >= 0.3 is 68.9 Å². The number of nitrogens with one attached hydrogen (secondary N) is 1. The van der Waals surface area contributed by atoms with E-state index in [4.69, 9.17) is 0 Å². The Hall–Kier alpha value is 0.562. The number of thiophene rings is 1. The van der Waals surface area contributed by atoms with Crippen LogP contribution in [0.25, 0.3) is 10.1 Å². The average Bonchev–Trinajstić information content (AvgIpc) is 2.52. The summed E-state index contributed by atoms with van der Waals surface area (Å²) < 4.78 is 5.35. The van der Waals surface area contributed by atoms with E-state index < -0.39 is 6.16 Å². The molecular weight excluding hydrogens is 311 g/mol. The van der Waals surface area contributed by atoms with Crippen molar-refractivity contribution in [2.75, 3.05) is 0 Å². The Morgan fingerprint density at radius 1 is 1.62 bits per heavy atom. The van der Waals surface area contributed by atoms with Crippen LogP contribution in [0.2, 0.25) is 0 Å². The van der Waals surface area contributed by atoms with Crippen LogP contribution in [-0.2, 0) is 0 Å². The molecule has 0 atom stereocenters. The van der Waals surface area contributed by atoms with Gasteiger partial charge in [-0.15, -0.1) is 11.3 Å². The number of rotatable bonds is 1. The van der Waals surface area contributed by atoms with Crippen molar-refractivity contribution in [2.24, 2.45) is 0 Å². The number of ether oxygens (including phenoxy) is 1. The fourth-order valence-corrected chi connectivity index (χ4v) is 1.76. The van der Waals surface area contributed by atoms with Crippen LogP contribution in [-0.4, -0.2) is 11.1 Å². The molecule has 0 saturated heterocycles. The third-order valence-corrected chi connectivity index (χ3v) is 2.32. The minimum atomic E-state index is -1.55. The summed E-state index contributed by atoms with van der Waals surface area (Å²) in [7, 11) is 0. The summed E-state index contributed by atoms with van der Waals surface area (Å²) in [6.07, 6.45) is 0.142. The van der Waals surface area contributed by atoms with Crippen LogP contribution in [0, 0.1) is 0 Å². The Bertz CT molecular complexity index is 422. The Kier molecular flexibility index (Phi) is 4.36. The molecular formula is C7H4CsNO3S. The summed E-state index contributed by atoms with van der Waals surface area (Å²) >= 11 is 1.51. The molecule has 0 aliphatic heterocycles. The molecule has 2 aromatic rings. The monoisotopic (exact) mass is 315 g/mol. The maximum Gasteiger partial charge on any atom is 1.00 e. The van der Waals surface area contributed by atoms with Gasteiger partial charge in [-0.25, -0.2) is 0 Å². The molecule has 0 aliphatic carbocycles. The Labute approximate surface area is 137 Å². The van der Waals surface area contributed by atoms with Gasteiger partial charge in [0.25, 0.3) is 6.16 Å². The number of carbonyl (C=O) groups excluding carboxylic acids is 1. The van der Waals surface area contributed by atoms with Crippen LogP contribution in [0.3, 0.4) is 0 Å². The summed E-state index contributed by atoms with van der Waals surface area (Å²) in [5.74, 6) is 0.228. The molecule has 4 nitrogen and oxygen atoms in total. The first-order chi connectivity index (χ1) is 5.77. The first kappa shape index (κ1) is 11.6. The van der Waals surface area contributed by atoms with Crippen LogP contribution in [0.1, 0.15) is 0 Å². The molecule has 0 spiro atoms. The fourth-order valence-electron chi connectivity index (χ4n) is 0.997. The molecule has 0 bridgehead atoms. The van der Waals surface area contributed by atoms with E-state index in [9.17, 15) is 9.90 Å². The third kappa shape index (κ3) is 2.52. The Morgan fingerprint density at radius 2 is 2.38 bits per heavy atom. The zero-order valence-corrected chi connectivity index (χ0v) is 14.0. The molecule has 0 fully saturated rings. The van der Waals surface area contributed by atoms with E-state index >= 15 is 0 Å². The molecule has 1 N–H and O–H groups in total. The second-order valence-corrected chi connectivity index (χ2v) is 3.12. The predicted molar refractivity (Wildman–Crippen MR) is 42.2 cm³/mol. The van der Waals surface area contributed by atoms with E-state index in [1.807, 2.05) is 5.38 Å². The van der Waals surface area contributed by atoms with E-state index in [0.717, 1.165) is 10.1 Å². The molecule has 0 amide bonds. The topological polar surface area (TPSA) is 65.2 Å². The minimum Gasteiger partial charge on any atom is -0.498 e. The smallest absolute Gasteiger partial charge is 0.498 e. The second kappa shape index (κ2) is 4.87. The van der Waals surface area contributed by atoms with Gasteiger partial charge in [-0.2, -0.15) is 0 Å². The van der Waals surface area contributed by atoms with Crippen molar-refractivity contribution in [2.45, 2.75) is 0 Å². The van der Waals surface area contributed by atoms with Gasteiger partial charge in [-0.05, 0) is 11.4 Å². The number of carbonyl (C=O) groups is 1. The van der Waals surface area contributed by atoms with Gasteiger partial charge in [0.05, 0.1) is 4.70 Å². The molecule has 0 saturated carbocycles. The summed E-state index contributed by atoms with van der Waals surface area (Å²) in [5, 5.41) is 12.7. The number of fused-ring (bicyclic) bond motifs is 1. The Morgan fingerprint density at radius 3 is 3.08 bits per heavy atom. The summed E-state index contributed by atoms with van der Waals surface area (Å²) in [4.78, 5) is 12.8. The SMILES string of the molecule is O=C([O-])Oc1[nH]cc2sccc12.[Cs+]. The molecule has 13 heavy (non-hydrogen) atoms. The first-order valence-electron chi connectivity index (χ1n) is 3.21. The molecule has 2 aromatic heterocycles. The van der Waals surface area contributed by atoms with Gasteiger partial charge in [0.1, 0.15) is 5.88 Å². The minimum absolute atomic E-state index is 0. The summed E-state index contributed by atoms with van der Waals surface area (Å²) in [5.41, 5.74) is 0. The zero-order valence-electron chi connectivity index (χ0n) is 6.87. The van der Waals surface area contributed by atoms with Crippen molar-refractivity contribution in [1.82, 2.24) is 4.98 Å². The average molecular weight is 315 g/mol. The number of carboxylic acid groups (broad SMARTS) is 1. The molecule has 0 radical (unpaired) electrons. The van der Waals surface area contributed by atoms with E-state index in [0.29, 0.717) is 0 Å². The number of H-pyrrole nitrogens is 1. The Balaban J connectivity index is 0.000000845. The number of hydrogen-bond acceptors (Lipinski definition) is 4. The van der Waals surface area contributed by atoms with Crippen LogP contribution < -0.4 is 78.7 Å². The standard InChI is InChI=1S/C7H5NO3S.Cs/c9-7(10)11-6-4-1-2-12-5(4)3-8-6;/h1-3,8H,(H,9,10);/q;+1/p-1. The number of aromatic nitrogens is 1. The summed E-state index contributed by atoms with van der Waals surface area (Å²) in [6.45, 7) is 0. The van der Waals surface area contributed by atoms with Gasteiger partial charge in [-0.1, -0.05) is 0 Å². The van der Waals surface area contributed by atoms with Crippen LogP contribution in [0.5, 0.6) is 5.88 Å². The maximum atomic E-state index is 10.1. The quantitative estimate of drug-likeness (QED) is 0.617. The van der Waals surface area contributed by atoms with Gasteiger partial charge in [0, 0.05) is 11.6 Å². The van der Waals surface area contributed by atoms with Crippen molar-refractivity contribution >= 4 is 27.6 Å². The van der Waals surface area contributed by atoms with Gasteiger partial charge < -0.3 is 19.6 Å². The van der Waals surface area contributed by atoms with E-state index in [-0.39, 0.29) is 74.8 Å². The van der Waals surface area contributed by atoms with E-state index in [1.165, 1.54) is 11.3 Å². The molecule has 62 valence electrons.